The number of rotatable bonds is 6. The van der Waals surface area contributed by atoms with Gasteiger partial charge in [-0.25, -0.2) is 4.98 Å². The Hall–Kier alpha value is -3.74. The number of hydrogen-bond acceptors (Lipinski definition) is 5. The van der Waals surface area contributed by atoms with Crippen LogP contribution in [0.25, 0.3) is 22.4 Å². The smallest absolute Gasteiger partial charge is 0.266 e. The molecule has 0 saturated heterocycles. The monoisotopic (exact) mass is 402 g/mol. The molecule has 0 radical (unpaired) electrons. The highest BCUT2D eigenvalue weighted by atomic mass is 16.5. The lowest BCUT2D eigenvalue weighted by molar-refractivity contribution is -0.116. The van der Waals surface area contributed by atoms with E-state index in [-0.39, 0.29) is 30.1 Å². The quantitative estimate of drug-likeness (QED) is 0.527. The molecule has 0 saturated carbocycles. The minimum Gasteiger partial charge on any atom is -0.335 e. The third-order valence-electron chi connectivity index (χ3n) is 4.99. The summed E-state index contributed by atoms with van der Waals surface area (Å²) in [5.41, 5.74) is 4.15. The molecular weight excluding hydrogens is 380 g/mol. The second-order valence-corrected chi connectivity index (χ2v) is 7.17. The lowest BCUT2D eigenvalue weighted by atomic mass is 10.1. The van der Waals surface area contributed by atoms with Crippen molar-refractivity contribution < 1.29 is 9.32 Å². The van der Waals surface area contributed by atoms with Gasteiger partial charge in [-0.1, -0.05) is 54.0 Å². The maximum Gasteiger partial charge on any atom is 0.266 e. The summed E-state index contributed by atoms with van der Waals surface area (Å²) in [4.78, 5) is 29.5. The lowest BCUT2D eigenvalue weighted by Crippen LogP contribution is -2.23. The van der Waals surface area contributed by atoms with Crippen LogP contribution in [0.1, 0.15) is 24.5 Å². The molecule has 0 atom stereocenters. The van der Waals surface area contributed by atoms with Gasteiger partial charge in [0.25, 0.3) is 11.3 Å². The van der Waals surface area contributed by atoms with Crippen LogP contribution in [0.4, 0.5) is 5.69 Å². The van der Waals surface area contributed by atoms with E-state index in [4.69, 9.17) is 4.52 Å². The van der Waals surface area contributed by atoms with Crippen molar-refractivity contribution in [2.45, 2.75) is 33.2 Å². The Morgan fingerprint density at radius 1 is 1.17 bits per heavy atom. The second kappa shape index (κ2) is 8.32. The summed E-state index contributed by atoms with van der Waals surface area (Å²) < 4.78 is 6.66. The highest BCUT2D eigenvalue weighted by molar-refractivity contribution is 5.91. The molecule has 2 heterocycles. The minimum atomic E-state index is -0.280. The molecule has 4 aromatic rings. The zero-order valence-electron chi connectivity index (χ0n) is 16.9. The maximum absolute atomic E-state index is 13.0. The molecule has 2 aromatic carbocycles. The third-order valence-corrected chi connectivity index (χ3v) is 4.99. The Morgan fingerprint density at radius 2 is 1.97 bits per heavy atom. The van der Waals surface area contributed by atoms with Gasteiger partial charge in [-0.3, -0.25) is 14.2 Å². The standard InChI is InChI=1S/C23H22N4O3/c1-3-16-5-4-6-18(13-16)25-19(28)11-12-27-14-24-22-20(23(27)29)21(26-30-22)17-9-7-15(2)8-10-17/h4-10,13-14H,3,11-12H2,1-2H3,(H,25,28). The average Bonchev–Trinajstić information content (AvgIpc) is 3.19. The summed E-state index contributed by atoms with van der Waals surface area (Å²) in [5, 5.41) is 7.23. The molecule has 4 rings (SSSR count). The molecule has 0 spiro atoms. The van der Waals surface area contributed by atoms with Gasteiger partial charge in [-0.05, 0) is 31.0 Å². The van der Waals surface area contributed by atoms with Crippen molar-refractivity contribution in [3.05, 3.63) is 76.3 Å². The second-order valence-electron chi connectivity index (χ2n) is 7.17. The number of aryl methyl sites for hydroxylation is 3. The van der Waals surface area contributed by atoms with E-state index in [0.29, 0.717) is 11.1 Å². The first-order chi connectivity index (χ1) is 14.5. The van der Waals surface area contributed by atoms with Gasteiger partial charge >= 0.3 is 0 Å². The molecule has 1 amide bonds. The van der Waals surface area contributed by atoms with Gasteiger partial charge in [0, 0.05) is 24.2 Å². The first-order valence-electron chi connectivity index (χ1n) is 9.86. The van der Waals surface area contributed by atoms with Gasteiger partial charge in [0.2, 0.25) is 5.91 Å². The fraction of sp³-hybridized carbons (Fsp3) is 0.217. The number of aromatic nitrogens is 3. The molecule has 0 aliphatic heterocycles. The van der Waals surface area contributed by atoms with Crippen LogP contribution in [0.3, 0.4) is 0 Å². The number of benzene rings is 2. The Morgan fingerprint density at radius 3 is 2.73 bits per heavy atom. The Bertz CT molecular complexity index is 1260. The molecule has 0 unspecified atom stereocenters. The van der Waals surface area contributed by atoms with Crippen LogP contribution in [0.2, 0.25) is 0 Å². The highest BCUT2D eigenvalue weighted by Gasteiger charge is 2.17. The van der Waals surface area contributed by atoms with Crippen molar-refractivity contribution in [1.29, 1.82) is 0 Å². The van der Waals surface area contributed by atoms with E-state index in [0.717, 1.165) is 28.8 Å². The summed E-state index contributed by atoms with van der Waals surface area (Å²) in [6, 6.07) is 15.4. The van der Waals surface area contributed by atoms with E-state index < -0.39 is 0 Å². The van der Waals surface area contributed by atoms with E-state index in [1.165, 1.54) is 10.9 Å². The van der Waals surface area contributed by atoms with E-state index >= 15 is 0 Å². The van der Waals surface area contributed by atoms with Crippen LogP contribution in [-0.4, -0.2) is 20.6 Å². The summed E-state index contributed by atoms with van der Waals surface area (Å²) in [7, 11) is 0. The first-order valence-corrected chi connectivity index (χ1v) is 9.86. The van der Waals surface area contributed by atoms with Crippen LogP contribution in [-0.2, 0) is 17.8 Å². The summed E-state index contributed by atoms with van der Waals surface area (Å²) in [6.07, 6.45) is 2.43. The van der Waals surface area contributed by atoms with Crippen molar-refractivity contribution in [3.63, 3.8) is 0 Å². The summed E-state index contributed by atoms with van der Waals surface area (Å²) in [6.45, 7) is 4.26. The SMILES string of the molecule is CCc1cccc(NC(=O)CCn2cnc3onc(-c4ccc(C)cc4)c3c2=O)c1. The van der Waals surface area contributed by atoms with Gasteiger partial charge in [-0.2, -0.15) is 0 Å². The third kappa shape index (κ3) is 4.00. The van der Waals surface area contributed by atoms with Gasteiger partial charge in [0.05, 0.1) is 0 Å². The van der Waals surface area contributed by atoms with Gasteiger partial charge < -0.3 is 9.84 Å². The summed E-state index contributed by atoms with van der Waals surface area (Å²) in [5.74, 6) is -0.167. The number of anilines is 1. The molecule has 2 aromatic heterocycles. The average molecular weight is 402 g/mol. The number of hydrogen-bond donors (Lipinski definition) is 1. The van der Waals surface area contributed by atoms with Crippen molar-refractivity contribution in [1.82, 2.24) is 14.7 Å². The van der Waals surface area contributed by atoms with E-state index in [1.807, 2.05) is 55.5 Å². The molecule has 30 heavy (non-hydrogen) atoms. The highest BCUT2D eigenvalue weighted by Crippen LogP contribution is 2.24. The molecule has 0 fully saturated rings. The number of amides is 1. The van der Waals surface area contributed by atoms with Crippen LogP contribution < -0.4 is 10.9 Å². The van der Waals surface area contributed by atoms with Crippen molar-refractivity contribution in [3.8, 4) is 11.3 Å². The van der Waals surface area contributed by atoms with Crippen LogP contribution in [0.15, 0.2) is 64.2 Å². The maximum atomic E-state index is 13.0. The topological polar surface area (TPSA) is 90.0 Å². The van der Waals surface area contributed by atoms with Crippen LogP contribution in [0.5, 0.6) is 0 Å². The number of carbonyl (C=O) groups excluding carboxylic acids is 1. The molecule has 7 heteroatoms. The van der Waals surface area contributed by atoms with Gasteiger partial charge in [0.15, 0.2) is 0 Å². The minimum absolute atomic E-state index is 0.147. The van der Waals surface area contributed by atoms with Crippen molar-refractivity contribution >= 4 is 22.7 Å². The summed E-state index contributed by atoms with van der Waals surface area (Å²) >= 11 is 0. The van der Waals surface area contributed by atoms with Gasteiger partial charge in [0.1, 0.15) is 17.4 Å². The fourth-order valence-corrected chi connectivity index (χ4v) is 3.26. The molecule has 7 nitrogen and oxygen atoms in total. The Labute approximate surface area is 173 Å². The largest absolute Gasteiger partial charge is 0.335 e. The zero-order valence-corrected chi connectivity index (χ0v) is 16.9. The molecule has 0 aliphatic carbocycles. The van der Waals surface area contributed by atoms with E-state index in [2.05, 4.69) is 22.4 Å². The molecule has 0 aliphatic rings. The first kappa shape index (κ1) is 19.6. The Kier molecular flexibility index (Phi) is 5.43. The Balaban J connectivity index is 1.54. The fourth-order valence-electron chi connectivity index (χ4n) is 3.26. The lowest BCUT2D eigenvalue weighted by Gasteiger charge is -2.08. The van der Waals surface area contributed by atoms with Crippen molar-refractivity contribution in [2.24, 2.45) is 0 Å². The van der Waals surface area contributed by atoms with Crippen molar-refractivity contribution in [2.75, 3.05) is 5.32 Å². The van der Waals surface area contributed by atoms with Crippen LogP contribution in [0, 0.1) is 6.92 Å². The molecule has 0 bridgehead atoms. The normalized spacial score (nSPS) is 11.0. The number of nitrogens with one attached hydrogen (secondary N) is 1. The van der Waals surface area contributed by atoms with E-state index in [9.17, 15) is 9.59 Å². The zero-order chi connectivity index (χ0) is 21.1. The molecule has 152 valence electrons. The number of carbonyl (C=O) groups is 1. The number of fused-ring (bicyclic) bond motifs is 1. The van der Waals surface area contributed by atoms with E-state index in [1.54, 1.807) is 0 Å². The van der Waals surface area contributed by atoms with Gasteiger partial charge in [-0.15, -0.1) is 0 Å². The predicted octanol–water partition coefficient (Wildman–Crippen LogP) is 3.95. The van der Waals surface area contributed by atoms with Crippen LogP contribution >= 0.6 is 0 Å². The molecular formula is C23H22N4O3. The molecule has 1 N–H and O–H groups in total. The predicted molar refractivity (Wildman–Crippen MR) is 115 cm³/mol. The number of nitrogens with zero attached hydrogens (tertiary/aromatic N) is 3.